The van der Waals surface area contributed by atoms with Gasteiger partial charge in [0.05, 0.1) is 13.0 Å². The molecule has 6 nitrogen and oxygen atoms in total. The summed E-state index contributed by atoms with van der Waals surface area (Å²) < 4.78 is 38.5. The molecular weight excluding hydrogens is 424 g/mol. The van der Waals surface area contributed by atoms with Gasteiger partial charge in [-0.1, -0.05) is 6.42 Å². The van der Waals surface area contributed by atoms with Gasteiger partial charge < -0.3 is 15.2 Å². The van der Waals surface area contributed by atoms with Gasteiger partial charge >= 0.3 is 6.18 Å². The molecule has 132 valence electrons. The van der Waals surface area contributed by atoms with Gasteiger partial charge in [0.25, 0.3) is 0 Å². The quantitative estimate of drug-likeness (QED) is 0.423. The Labute approximate surface area is 150 Å². The number of hydrogen-bond acceptors (Lipinski definition) is 3. The van der Waals surface area contributed by atoms with E-state index in [1.165, 1.54) is 13.5 Å². The summed E-state index contributed by atoms with van der Waals surface area (Å²) in [6.07, 6.45) is -0.754. The molecule has 1 aromatic heterocycles. The lowest BCUT2D eigenvalue weighted by Gasteiger charge is -2.13. The SMILES string of the molecule is CN=C(NCCC(F)(F)F)NCc1nnc2n1CCCCC2.I. The number of rotatable bonds is 4. The zero-order chi connectivity index (χ0) is 16.0. The van der Waals surface area contributed by atoms with E-state index in [4.69, 9.17) is 0 Å². The van der Waals surface area contributed by atoms with Gasteiger partial charge in [0, 0.05) is 26.6 Å². The molecule has 0 aliphatic carbocycles. The highest BCUT2D eigenvalue weighted by Crippen LogP contribution is 2.18. The van der Waals surface area contributed by atoms with Gasteiger partial charge in [-0.05, 0) is 12.8 Å². The topological polar surface area (TPSA) is 67.1 Å². The Morgan fingerprint density at radius 3 is 2.70 bits per heavy atom. The highest BCUT2D eigenvalue weighted by atomic mass is 127. The largest absolute Gasteiger partial charge is 0.390 e. The number of nitrogens with zero attached hydrogens (tertiary/aromatic N) is 4. The lowest BCUT2D eigenvalue weighted by Crippen LogP contribution is -2.39. The third kappa shape index (κ3) is 6.51. The summed E-state index contributed by atoms with van der Waals surface area (Å²) in [6, 6.07) is 0. The van der Waals surface area contributed by atoms with Crippen molar-refractivity contribution in [2.24, 2.45) is 4.99 Å². The zero-order valence-electron chi connectivity index (χ0n) is 13.0. The van der Waals surface area contributed by atoms with Crippen molar-refractivity contribution in [3.63, 3.8) is 0 Å². The molecule has 2 rings (SSSR count). The summed E-state index contributed by atoms with van der Waals surface area (Å²) in [5.41, 5.74) is 0. The fourth-order valence-corrected chi connectivity index (χ4v) is 2.38. The molecule has 0 saturated carbocycles. The minimum atomic E-state index is -4.17. The maximum atomic E-state index is 12.1. The molecule has 1 aromatic rings. The number of fused-ring (bicyclic) bond motifs is 1. The van der Waals surface area contributed by atoms with E-state index < -0.39 is 12.6 Å². The van der Waals surface area contributed by atoms with Gasteiger partial charge in [0.2, 0.25) is 0 Å². The van der Waals surface area contributed by atoms with E-state index in [0.717, 1.165) is 37.5 Å². The van der Waals surface area contributed by atoms with Crippen LogP contribution in [0.4, 0.5) is 13.2 Å². The fraction of sp³-hybridized carbons (Fsp3) is 0.769. The van der Waals surface area contributed by atoms with E-state index in [-0.39, 0.29) is 30.5 Å². The van der Waals surface area contributed by atoms with Gasteiger partial charge in [0.15, 0.2) is 11.8 Å². The van der Waals surface area contributed by atoms with Crippen LogP contribution < -0.4 is 10.6 Å². The van der Waals surface area contributed by atoms with Gasteiger partial charge in [-0.25, -0.2) is 0 Å². The summed E-state index contributed by atoms with van der Waals surface area (Å²) in [6.45, 7) is 1.07. The molecule has 1 aliphatic heterocycles. The Balaban J connectivity index is 0.00000264. The lowest BCUT2D eigenvalue weighted by atomic mass is 10.2. The van der Waals surface area contributed by atoms with Crippen molar-refractivity contribution in [3.05, 3.63) is 11.6 Å². The Morgan fingerprint density at radius 2 is 2.00 bits per heavy atom. The molecule has 0 bridgehead atoms. The summed E-state index contributed by atoms with van der Waals surface area (Å²) in [5, 5.41) is 14.0. The standard InChI is InChI=1S/C13H21F3N6.HI/c1-17-12(18-7-6-13(14,15)16)19-9-11-21-20-10-5-3-2-4-8-22(10)11;/h2-9H2,1H3,(H2,17,18,19);1H. The van der Waals surface area contributed by atoms with Crippen LogP contribution in [-0.4, -0.2) is 40.5 Å². The zero-order valence-corrected chi connectivity index (χ0v) is 15.3. The molecule has 0 fully saturated rings. The van der Waals surface area contributed by atoms with Crippen molar-refractivity contribution in [2.75, 3.05) is 13.6 Å². The van der Waals surface area contributed by atoms with Crippen molar-refractivity contribution in [1.29, 1.82) is 0 Å². The molecule has 0 spiro atoms. The smallest absolute Gasteiger partial charge is 0.356 e. The molecule has 0 amide bonds. The van der Waals surface area contributed by atoms with Crippen LogP contribution in [0.15, 0.2) is 4.99 Å². The van der Waals surface area contributed by atoms with E-state index >= 15 is 0 Å². The highest BCUT2D eigenvalue weighted by molar-refractivity contribution is 14.0. The van der Waals surface area contributed by atoms with E-state index in [1.54, 1.807) is 0 Å². The maximum Gasteiger partial charge on any atom is 0.390 e. The Bertz CT molecular complexity index is 514. The van der Waals surface area contributed by atoms with Crippen LogP contribution in [0.3, 0.4) is 0 Å². The molecule has 10 heteroatoms. The first kappa shape index (κ1) is 20.0. The van der Waals surface area contributed by atoms with Crippen molar-refractivity contribution < 1.29 is 13.2 Å². The van der Waals surface area contributed by atoms with Crippen molar-refractivity contribution >= 4 is 29.9 Å². The van der Waals surface area contributed by atoms with Crippen molar-refractivity contribution in [1.82, 2.24) is 25.4 Å². The summed E-state index contributed by atoms with van der Waals surface area (Å²) in [7, 11) is 1.52. The number of nitrogens with one attached hydrogen (secondary N) is 2. The second-order valence-corrected chi connectivity index (χ2v) is 5.21. The number of aryl methyl sites for hydroxylation is 1. The average Bonchev–Trinajstić information content (AvgIpc) is 2.69. The third-order valence-corrected chi connectivity index (χ3v) is 3.52. The molecule has 2 N–H and O–H groups in total. The highest BCUT2D eigenvalue weighted by Gasteiger charge is 2.26. The molecule has 0 saturated heterocycles. The van der Waals surface area contributed by atoms with Gasteiger partial charge in [-0.3, -0.25) is 4.99 Å². The monoisotopic (exact) mass is 446 g/mol. The number of alkyl halides is 3. The number of hydrogen-bond donors (Lipinski definition) is 2. The van der Waals surface area contributed by atoms with E-state index in [1.807, 2.05) is 0 Å². The van der Waals surface area contributed by atoms with E-state index in [2.05, 4.69) is 30.4 Å². The minimum absolute atomic E-state index is 0. The van der Waals surface area contributed by atoms with Crippen LogP contribution in [0.2, 0.25) is 0 Å². The van der Waals surface area contributed by atoms with E-state index in [9.17, 15) is 13.2 Å². The fourth-order valence-electron chi connectivity index (χ4n) is 2.38. The first-order chi connectivity index (χ1) is 10.5. The summed E-state index contributed by atoms with van der Waals surface area (Å²) in [5.74, 6) is 2.10. The molecular formula is C13H22F3IN6. The van der Waals surface area contributed by atoms with Gasteiger partial charge in [-0.2, -0.15) is 13.2 Å². The van der Waals surface area contributed by atoms with Gasteiger partial charge in [-0.15, -0.1) is 34.2 Å². The van der Waals surface area contributed by atoms with Crippen LogP contribution in [0.5, 0.6) is 0 Å². The first-order valence-corrected chi connectivity index (χ1v) is 7.42. The van der Waals surface area contributed by atoms with Crippen LogP contribution in [0.1, 0.15) is 37.3 Å². The molecule has 0 atom stereocenters. The lowest BCUT2D eigenvalue weighted by molar-refractivity contribution is -0.132. The molecule has 2 heterocycles. The van der Waals surface area contributed by atoms with Crippen molar-refractivity contribution in [3.8, 4) is 0 Å². The Kier molecular flexibility index (Phi) is 8.06. The molecule has 0 radical (unpaired) electrons. The molecule has 0 unspecified atom stereocenters. The normalized spacial score (nSPS) is 15.4. The van der Waals surface area contributed by atoms with Crippen LogP contribution >= 0.6 is 24.0 Å². The third-order valence-electron chi connectivity index (χ3n) is 3.52. The minimum Gasteiger partial charge on any atom is -0.356 e. The average molecular weight is 446 g/mol. The van der Waals surface area contributed by atoms with Crippen LogP contribution in [0, 0.1) is 0 Å². The van der Waals surface area contributed by atoms with Crippen molar-refractivity contribution in [2.45, 2.75) is 51.4 Å². The van der Waals surface area contributed by atoms with E-state index in [0.29, 0.717) is 12.5 Å². The van der Waals surface area contributed by atoms with Gasteiger partial charge in [0.1, 0.15) is 5.82 Å². The Hall–Kier alpha value is -1.07. The second-order valence-electron chi connectivity index (χ2n) is 5.21. The Morgan fingerprint density at radius 1 is 1.22 bits per heavy atom. The number of guanidine groups is 1. The second kappa shape index (κ2) is 9.28. The molecule has 1 aliphatic rings. The molecule has 0 aromatic carbocycles. The predicted molar refractivity (Wildman–Crippen MR) is 91.9 cm³/mol. The number of aromatic nitrogens is 3. The summed E-state index contributed by atoms with van der Waals surface area (Å²) in [4.78, 5) is 3.91. The van der Waals surface area contributed by atoms with Crippen LogP contribution in [-0.2, 0) is 19.5 Å². The maximum absolute atomic E-state index is 12.1. The first-order valence-electron chi connectivity index (χ1n) is 7.42. The predicted octanol–water partition coefficient (Wildman–Crippen LogP) is 2.24. The number of halogens is 4. The van der Waals surface area contributed by atoms with Crippen LogP contribution in [0.25, 0.3) is 0 Å². The summed E-state index contributed by atoms with van der Waals surface area (Å²) >= 11 is 0. The molecule has 23 heavy (non-hydrogen) atoms. The number of aliphatic imine (C=N–C) groups is 1.